The maximum Gasteiger partial charge on any atom is 0.287 e. The number of nitro benzene ring substituents is 1. The lowest BCUT2D eigenvalue weighted by Crippen LogP contribution is -2.45. The Morgan fingerprint density at radius 1 is 1.19 bits per heavy atom. The van der Waals surface area contributed by atoms with E-state index in [4.69, 9.17) is 19.9 Å². The van der Waals surface area contributed by atoms with Gasteiger partial charge < -0.3 is 29.7 Å². The maximum absolute atomic E-state index is 13.2. The van der Waals surface area contributed by atoms with Crippen LogP contribution in [0, 0.1) is 10.1 Å². The molecule has 226 valence electrons. The second kappa shape index (κ2) is 13.6. The number of methoxy groups -OCH3 is 1. The number of para-hydroxylation sites is 3. The number of ether oxygens (including phenoxy) is 1. The summed E-state index contributed by atoms with van der Waals surface area (Å²) in [5.74, 6) is 0.730. The van der Waals surface area contributed by atoms with Gasteiger partial charge in [0, 0.05) is 64.3 Å². The van der Waals surface area contributed by atoms with E-state index < -0.39 is 16.9 Å². The van der Waals surface area contributed by atoms with E-state index in [1.54, 1.807) is 25.3 Å². The Morgan fingerprint density at radius 3 is 2.79 bits per heavy atom. The first-order valence-corrected chi connectivity index (χ1v) is 14.4. The molecule has 0 radical (unpaired) electrons. The molecule has 3 N–H and O–H groups in total. The first-order chi connectivity index (χ1) is 20.9. The van der Waals surface area contributed by atoms with Gasteiger partial charge in [0.2, 0.25) is 5.91 Å². The fraction of sp³-hybridized carbons (Fsp3) is 0.387. The lowest BCUT2D eigenvalue weighted by Gasteiger charge is -2.33. The quantitative estimate of drug-likeness (QED) is 0.142. The van der Waals surface area contributed by atoms with E-state index in [0.717, 1.165) is 42.7 Å². The molecule has 1 aliphatic heterocycles. The summed E-state index contributed by atoms with van der Waals surface area (Å²) < 4.78 is 13.1. The summed E-state index contributed by atoms with van der Waals surface area (Å²) in [4.78, 5) is 43.6. The van der Waals surface area contributed by atoms with Crippen LogP contribution in [0.4, 0.5) is 5.69 Å². The zero-order valence-corrected chi connectivity index (χ0v) is 24.1. The minimum Gasteiger partial charge on any atom is -0.451 e. The Kier molecular flexibility index (Phi) is 9.48. The number of nitrogens with zero attached hydrogens (tertiary/aromatic N) is 4. The summed E-state index contributed by atoms with van der Waals surface area (Å²) in [6, 6.07) is 16.6. The Morgan fingerprint density at radius 2 is 1.98 bits per heavy atom. The molecule has 1 fully saturated rings. The van der Waals surface area contributed by atoms with Gasteiger partial charge in [-0.3, -0.25) is 19.7 Å². The van der Waals surface area contributed by atoms with Gasteiger partial charge in [0.25, 0.3) is 11.6 Å². The number of aryl methyl sites for hydroxylation is 1. The van der Waals surface area contributed by atoms with Crippen molar-refractivity contribution in [3.8, 4) is 11.3 Å². The van der Waals surface area contributed by atoms with Gasteiger partial charge in [-0.25, -0.2) is 4.98 Å². The van der Waals surface area contributed by atoms with Gasteiger partial charge in [-0.05, 0) is 49.6 Å². The van der Waals surface area contributed by atoms with Crippen LogP contribution >= 0.6 is 0 Å². The predicted molar refractivity (Wildman–Crippen MR) is 161 cm³/mol. The number of nitrogens with two attached hydrogens (primary N) is 1. The summed E-state index contributed by atoms with van der Waals surface area (Å²) in [5, 5.41) is 14.0. The highest BCUT2D eigenvalue weighted by molar-refractivity contribution is 5.92. The average Bonchev–Trinajstić information content (AvgIpc) is 3.66. The number of furan rings is 1. The number of carbonyl (C=O) groups is 2. The lowest BCUT2D eigenvalue weighted by atomic mass is 9.96. The van der Waals surface area contributed by atoms with E-state index in [9.17, 15) is 19.7 Å². The van der Waals surface area contributed by atoms with Crippen LogP contribution in [0.25, 0.3) is 22.4 Å². The molecule has 2 atom stereocenters. The van der Waals surface area contributed by atoms with E-state index in [1.165, 1.54) is 18.2 Å². The minimum atomic E-state index is -0.597. The van der Waals surface area contributed by atoms with Gasteiger partial charge in [0.1, 0.15) is 11.6 Å². The highest BCUT2D eigenvalue weighted by atomic mass is 16.6. The van der Waals surface area contributed by atoms with Gasteiger partial charge in [-0.1, -0.05) is 24.3 Å². The Hall–Kier alpha value is -4.55. The number of carbonyl (C=O) groups excluding carboxylic acids is 2. The SMILES string of the molecule is COCCCn1c([C@@H]2CCCN(C(=O)C[C@H](N)CNC(=O)c3ccc(-c4ccccc4[N+](=O)[O-])o3)C2)nc2ccccc21. The number of aromatic nitrogens is 2. The van der Waals surface area contributed by atoms with Crippen LogP contribution in [0.3, 0.4) is 0 Å². The molecule has 0 aliphatic carbocycles. The number of nitro groups is 1. The number of imidazole rings is 1. The van der Waals surface area contributed by atoms with E-state index in [2.05, 4.69) is 16.0 Å². The molecular formula is C31H36N6O6. The van der Waals surface area contributed by atoms with Crippen molar-refractivity contribution in [2.24, 2.45) is 5.73 Å². The van der Waals surface area contributed by atoms with Crippen LogP contribution in [-0.4, -0.2) is 70.6 Å². The van der Waals surface area contributed by atoms with Crippen molar-refractivity contribution >= 4 is 28.5 Å². The van der Waals surface area contributed by atoms with Crippen molar-refractivity contribution in [1.82, 2.24) is 19.8 Å². The molecule has 2 aromatic heterocycles. The average molecular weight is 589 g/mol. The monoisotopic (exact) mass is 588 g/mol. The number of benzene rings is 2. The number of amides is 2. The number of piperidine rings is 1. The third kappa shape index (κ3) is 6.92. The van der Waals surface area contributed by atoms with Crippen molar-refractivity contribution < 1.29 is 23.7 Å². The molecule has 1 saturated heterocycles. The van der Waals surface area contributed by atoms with Crippen LogP contribution in [0.5, 0.6) is 0 Å². The first-order valence-electron chi connectivity index (χ1n) is 14.4. The molecule has 43 heavy (non-hydrogen) atoms. The lowest BCUT2D eigenvalue weighted by molar-refractivity contribution is -0.384. The number of likely N-dealkylation sites (tertiary alicyclic amines) is 1. The van der Waals surface area contributed by atoms with E-state index in [1.807, 2.05) is 23.1 Å². The Labute approximate surface area is 249 Å². The second-order valence-electron chi connectivity index (χ2n) is 10.7. The molecule has 0 spiro atoms. The van der Waals surface area contributed by atoms with Crippen LogP contribution in [0.15, 0.2) is 65.1 Å². The Balaban J connectivity index is 1.17. The molecule has 4 aromatic rings. The summed E-state index contributed by atoms with van der Waals surface area (Å²) in [5.41, 5.74) is 8.44. The van der Waals surface area contributed by atoms with Crippen LogP contribution < -0.4 is 11.1 Å². The highest BCUT2D eigenvalue weighted by Gasteiger charge is 2.29. The molecule has 1 aliphatic rings. The number of fused-ring (bicyclic) bond motifs is 1. The fourth-order valence-corrected chi connectivity index (χ4v) is 5.60. The second-order valence-corrected chi connectivity index (χ2v) is 10.7. The smallest absolute Gasteiger partial charge is 0.287 e. The normalized spacial score (nSPS) is 15.9. The van der Waals surface area contributed by atoms with E-state index >= 15 is 0 Å². The summed E-state index contributed by atoms with van der Waals surface area (Å²) >= 11 is 0. The molecule has 0 bridgehead atoms. The van der Waals surface area contributed by atoms with Gasteiger partial charge in [0.15, 0.2) is 5.76 Å². The van der Waals surface area contributed by atoms with Crippen molar-refractivity contribution in [2.75, 3.05) is 33.4 Å². The molecule has 2 amide bonds. The Bertz CT molecular complexity index is 1600. The van der Waals surface area contributed by atoms with Crippen LogP contribution in [0.2, 0.25) is 0 Å². The number of nitrogens with one attached hydrogen (secondary N) is 1. The molecule has 12 nitrogen and oxygen atoms in total. The first kappa shape index (κ1) is 29.9. The predicted octanol–water partition coefficient (Wildman–Crippen LogP) is 4.09. The van der Waals surface area contributed by atoms with Crippen molar-refractivity contribution in [3.63, 3.8) is 0 Å². The summed E-state index contributed by atoms with van der Waals surface area (Å²) in [6.07, 6.45) is 2.75. The van der Waals surface area contributed by atoms with Crippen LogP contribution in [0.1, 0.15) is 48.0 Å². The molecule has 2 aromatic carbocycles. The third-order valence-electron chi connectivity index (χ3n) is 7.71. The van der Waals surface area contributed by atoms with Crippen molar-refractivity contribution in [1.29, 1.82) is 0 Å². The van der Waals surface area contributed by atoms with Crippen molar-refractivity contribution in [2.45, 2.75) is 44.2 Å². The third-order valence-corrected chi connectivity index (χ3v) is 7.71. The van der Waals surface area contributed by atoms with E-state index in [0.29, 0.717) is 19.7 Å². The number of hydrogen-bond acceptors (Lipinski definition) is 8. The highest BCUT2D eigenvalue weighted by Crippen LogP contribution is 2.31. The largest absolute Gasteiger partial charge is 0.451 e. The van der Waals surface area contributed by atoms with Gasteiger partial charge in [-0.2, -0.15) is 0 Å². The number of hydrogen-bond donors (Lipinski definition) is 2. The zero-order valence-electron chi connectivity index (χ0n) is 24.1. The van der Waals surface area contributed by atoms with Gasteiger partial charge in [0.05, 0.1) is 21.5 Å². The number of rotatable bonds is 12. The fourth-order valence-electron chi connectivity index (χ4n) is 5.60. The molecular weight excluding hydrogens is 552 g/mol. The minimum absolute atomic E-state index is 0.000983. The molecule has 12 heteroatoms. The van der Waals surface area contributed by atoms with Crippen molar-refractivity contribution in [3.05, 3.63) is 82.4 Å². The molecule has 0 unspecified atom stereocenters. The standard InChI is InChI=1S/C31H36N6O6/c1-42-17-7-16-36-26-12-5-3-10-24(26)34-30(36)21-8-6-15-35(20-21)29(38)18-22(32)19-33-31(39)28-14-13-27(43-28)23-9-2-4-11-25(23)37(40)41/h2-5,9-14,21-22H,6-8,15-20,32H2,1H3,(H,33,39)/t21-,22+/m1/s1. The topological polar surface area (TPSA) is 159 Å². The summed E-state index contributed by atoms with van der Waals surface area (Å²) in [7, 11) is 1.70. The van der Waals surface area contributed by atoms with Crippen LogP contribution in [-0.2, 0) is 16.1 Å². The van der Waals surface area contributed by atoms with E-state index in [-0.39, 0.29) is 47.6 Å². The molecule has 5 rings (SSSR count). The summed E-state index contributed by atoms with van der Waals surface area (Å²) in [6.45, 7) is 2.73. The zero-order chi connectivity index (χ0) is 30.3. The molecule has 3 heterocycles. The van der Waals surface area contributed by atoms with Gasteiger partial charge >= 0.3 is 0 Å². The van der Waals surface area contributed by atoms with Gasteiger partial charge in [-0.15, -0.1) is 0 Å². The maximum atomic E-state index is 13.2. The molecule has 0 saturated carbocycles.